The van der Waals surface area contributed by atoms with Crippen LogP contribution in [-0.2, 0) is 0 Å². The largest absolute Gasteiger partial charge is 0.311 e. The van der Waals surface area contributed by atoms with Crippen LogP contribution < -0.4 is 5.32 Å². The highest BCUT2D eigenvalue weighted by atomic mass is 15.3. The second-order valence-electron chi connectivity index (χ2n) is 7.77. The van der Waals surface area contributed by atoms with Crippen molar-refractivity contribution in [1.82, 2.24) is 15.1 Å². The molecule has 20 heavy (non-hydrogen) atoms. The third-order valence-corrected chi connectivity index (χ3v) is 5.20. The minimum atomic E-state index is 0.679. The molecule has 0 bridgehead atoms. The van der Waals surface area contributed by atoms with Crippen LogP contribution in [0.1, 0.15) is 47.0 Å². The van der Waals surface area contributed by atoms with Crippen LogP contribution in [0, 0.1) is 11.8 Å². The zero-order valence-electron chi connectivity index (χ0n) is 14.2. The summed E-state index contributed by atoms with van der Waals surface area (Å²) in [6, 6.07) is 2.25. The van der Waals surface area contributed by atoms with Crippen molar-refractivity contribution in [2.24, 2.45) is 11.8 Å². The molecule has 118 valence electrons. The van der Waals surface area contributed by atoms with Crippen molar-refractivity contribution in [3.8, 4) is 0 Å². The second-order valence-corrected chi connectivity index (χ2v) is 7.77. The van der Waals surface area contributed by atoms with E-state index in [-0.39, 0.29) is 0 Å². The monoisotopic (exact) mass is 281 g/mol. The van der Waals surface area contributed by atoms with E-state index in [1.54, 1.807) is 0 Å². The van der Waals surface area contributed by atoms with Gasteiger partial charge in [0.25, 0.3) is 0 Å². The predicted octanol–water partition coefficient (Wildman–Crippen LogP) is 2.43. The van der Waals surface area contributed by atoms with Crippen molar-refractivity contribution < 1.29 is 0 Å². The summed E-state index contributed by atoms with van der Waals surface area (Å²) in [7, 11) is 2.26. The van der Waals surface area contributed by atoms with Crippen molar-refractivity contribution in [2.75, 3.05) is 33.2 Å². The van der Waals surface area contributed by atoms with E-state index < -0.39 is 0 Å². The van der Waals surface area contributed by atoms with Crippen LogP contribution in [0.3, 0.4) is 0 Å². The number of nitrogens with one attached hydrogen (secondary N) is 1. The summed E-state index contributed by atoms with van der Waals surface area (Å²) in [6.07, 6.45) is 4.05. The van der Waals surface area contributed by atoms with Crippen molar-refractivity contribution in [1.29, 1.82) is 0 Å². The van der Waals surface area contributed by atoms with E-state index in [1.807, 2.05) is 0 Å². The highest BCUT2D eigenvalue weighted by molar-refractivity contribution is 4.92. The number of likely N-dealkylation sites (tertiary alicyclic amines) is 1. The van der Waals surface area contributed by atoms with Gasteiger partial charge in [-0.15, -0.1) is 0 Å². The first-order chi connectivity index (χ1) is 9.47. The fourth-order valence-corrected chi connectivity index (χ4v) is 3.83. The van der Waals surface area contributed by atoms with Crippen LogP contribution in [0.25, 0.3) is 0 Å². The molecular weight excluding hydrogens is 246 g/mol. The van der Waals surface area contributed by atoms with Crippen molar-refractivity contribution in [3.05, 3.63) is 0 Å². The molecule has 2 rings (SSSR count). The standard InChI is InChI=1S/C17H35N3/c1-13(2)10-16-11-18-17(14(3)4)12-20(16)15-6-8-19(5)9-7-15/h13-18H,6-12H2,1-5H3. The number of nitrogens with zero attached hydrogens (tertiary/aromatic N) is 2. The lowest BCUT2D eigenvalue weighted by Crippen LogP contribution is -2.62. The molecule has 0 saturated carbocycles. The first-order valence-electron chi connectivity index (χ1n) is 8.65. The minimum absolute atomic E-state index is 0.679. The SMILES string of the molecule is CC(C)CC1CNC(C(C)C)CN1C1CCN(C)CC1. The average molecular weight is 281 g/mol. The Morgan fingerprint density at radius 2 is 1.75 bits per heavy atom. The lowest BCUT2D eigenvalue weighted by atomic mass is 9.91. The molecule has 2 heterocycles. The summed E-state index contributed by atoms with van der Waals surface area (Å²) in [4.78, 5) is 5.35. The summed E-state index contributed by atoms with van der Waals surface area (Å²) < 4.78 is 0. The maximum absolute atomic E-state index is 3.80. The zero-order chi connectivity index (χ0) is 14.7. The molecule has 0 aromatic rings. The minimum Gasteiger partial charge on any atom is -0.311 e. The maximum Gasteiger partial charge on any atom is 0.0226 e. The van der Waals surface area contributed by atoms with Crippen LogP contribution in [0.5, 0.6) is 0 Å². The Hall–Kier alpha value is -0.120. The highest BCUT2D eigenvalue weighted by Crippen LogP contribution is 2.25. The van der Waals surface area contributed by atoms with Gasteiger partial charge >= 0.3 is 0 Å². The summed E-state index contributed by atoms with van der Waals surface area (Å²) >= 11 is 0. The molecule has 2 fully saturated rings. The molecule has 2 aliphatic heterocycles. The van der Waals surface area contributed by atoms with E-state index in [4.69, 9.17) is 0 Å². The fraction of sp³-hybridized carbons (Fsp3) is 1.00. The number of piperazine rings is 1. The Labute approximate surface area is 126 Å². The molecule has 0 spiro atoms. The highest BCUT2D eigenvalue weighted by Gasteiger charge is 2.34. The Balaban J connectivity index is 2.01. The van der Waals surface area contributed by atoms with Crippen molar-refractivity contribution in [3.63, 3.8) is 0 Å². The number of hydrogen-bond donors (Lipinski definition) is 1. The lowest BCUT2D eigenvalue weighted by molar-refractivity contribution is 0.0306. The van der Waals surface area contributed by atoms with Gasteiger partial charge < -0.3 is 10.2 Å². The third-order valence-electron chi connectivity index (χ3n) is 5.20. The molecule has 0 radical (unpaired) electrons. The van der Waals surface area contributed by atoms with E-state index in [0.717, 1.165) is 23.9 Å². The Morgan fingerprint density at radius 3 is 2.30 bits per heavy atom. The van der Waals surface area contributed by atoms with Gasteiger partial charge in [0.05, 0.1) is 0 Å². The molecule has 2 aliphatic rings. The van der Waals surface area contributed by atoms with Gasteiger partial charge in [-0.2, -0.15) is 0 Å². The van der Waals surface area contributed by atoms with E-state index in [2.05, 4.69) is 49.9 Å². The first-order valence-corrected chi connectivity index (χ1v) is 8.65. The number of hydrogen-bond acceptors (Lipinski definition) is 3. The molecular formula is C17H35N3. The molecule has 3 nitrogen and oxygen atoms in total. The van der Waals surface area contributed by atoms with Gasteiger partial charge in [0.15, 0.2) is 0 Å². The van der Waals surface area contributed by atoms with E-state index in [1.165, 1.54) is 45.4 Å². The number of piperidine rings is 1. The molecule has 0 aliphatic carbocycles. The summed E-state index contributed by atoms with van der Waals surface area (Å²) in [5.41, 5.74) is 0. The van der Waals surface area contributed by atoms with E-state index in [9.17, 15) is 0 Å². The maximum atomic E-state index is 3.80. The third kappa shape index (κ3) is 4.19. The molecule has 0 aromatic heterocycles. The summed E-state index contributed by atoms with van der Waals surface area (Å²) in [6.45, 7) is 14.4. The average Bonchev–Trinajstić information content (AvgIpc) is 2.39. The Kier molecular flexibility index (Phi) is 5.88. The Morgan fingerprint density at radius 1 is 1.10 bits per heavy atom. The van der Waals surface area contributed by atoms with Crippen LogP contribution in [-0.4, -0.2) is 61.2 Å². The van der Waals surface area contributed by atoms with Crippen LogP contribution >= 0.6 is 0 Å². The quantitative estimate of drug-likeness (QED) is 0.854. The fourth-order valence-electron chi connectivity index (χ4n) is 3.83. The van der Waals surface area contributed by atoms with Crippen LogP contribution in [0.2, 0.25) is 0 Å². The molecule has 3 heteroatoms. The predicted molar refractivity (Wildman–Crippen MR) is 87.1 cm³/mol. The van der Waals surface area contributed by atoms with Gasteiger partial charge in [0, 0.05) is 31.2 Å². The topological polar surface area (TPSA) is 18.5 Å². The molecule has 0 amide bonds. The van der Waals surface area contributed by atoms with E-state index >= 15 is 0 Å². The molecule has 0 aromatic carbocycles. The van der Waals surface area contributed by atoms with Gasteiger partial charge in [0.2, 0.25) is 0 Å². The molecule has 2 unspecified atom stereocenters. The lowest BCUT2D eigenvalue weighted by Gasteiger charge is -2.48. The van der Waals surface area contributed by atoms with Crippen LogP contribution in [0.15, 0.2) is 0 Å². The van der Waals surface area contributed by atoms with Crippen LogP contribution in [0.4, 0.5) is 0 Å². The van der Waals surface area contributed by atoms with Gasteiger partial charge in [-0.1, -0.05) is 27.7 Å². The molecule has 2 atom stereocenters. The molecule has 1 N–H and O–H groups in total. The normalized spacial score (nSPS) is 31.4. The van der Waals surface area contributed by atoms with Gasteiger partial charge in [-0.3, -0.25) is 4.90 Å². The number of rotatable bonds is 4. The van der Waals surface area contributed by atoms with Crippen molar-refractivity contribution >= 4 is 0 Å². The zero-order valence-corrected chi connectivity index (χ0v) is 14.2. The summed E-state index contributed by atoms with van der Waals surface area (Å²) in [5.74, 6) is 1.54. The van der Waals surface area contributed by atoms with Crippen molar-refractivity contribution in [2.45, 2.75) is 65.1 Å². The summed E-state index contributed by atoms with van der Waals surface area (Å²) in [5, 5.41) is 3.80. The van der Waals surface area contributed by atoms with E-state index in [0.29, 0.717) is 6.04 Å². The second kappa shape index (κ2) is 7.24. The van der Waals surface area contributed by atoms with Gasteiger partial charge in [-0.05, 0) is 51.2 Å². The molecule has 2 saturated heterocycles. The van der Waals surface area contributed by atoms with Gasteiger partial charge in [-0.25, -0.2) is 0 Å². The Bertz CT molecular complexity index is 282. The smallest absolute Gasteiger partial charge is 0.0226 e. The first kappa shape index (κ1) is 16.3. The van der Waals surface area contributed by atoms with Gasteiger partial charge in [0.1, 0.15) is 0 Å².